The van der Waals surface area contributed by atoms with E-state index in [9.17, 15) is 19.8 Å². The fraction of sp³-hybridized carbons (Fsp3) is 0.919. The Morgan fingerprint density at radius 3 is 0.887 bits per heavy atom. The van der Waals surface area contributed by atoms with E-state index in [-0.39, 0.29) is 18.5 Å². The summed E-state index contributed by atoms with van der Waals surface area (Å²) < 4.78 is 5.51. The third-order valence-electron chi connectivity index (χ3n) is 17.2. The summed E-state index contributed by atoms with van der Waals surface area (Å²) in [6.07, 6.45) is 88.4. The van der Waals surface area contributed by atoms with Gasteiger partial charge in [0.2, 0.25) is 5.91 Å². The van der Waals surface area contributed by atoms with Crippen molar-refractivity contribution in [2.24, 2.45) is 0 Å². The fourth-order valence-electron chi connectivity index (χ4n) is 11.6. The Morgan fingerprint density at radius 2 is 0.588 bits per heavy atom. The van der Waals surface area contributed by atoms with Gasteiger partial charge in [0.05, 0.1) is 25.4 Å². The number of aliphatic hydroxyl groups excluding tert-OH is 2. The molecule has 6 nitrogen and oxygen atoms in total. The van der Waals surface area contributed by atoms with Crippen molar-refractivity contribution in [1.82, 2.24) is 5.32 Å². The maximum absolute atomic E-state index is 12.5. The molecule has 0 saturated carbocycles. The van der Waals surface area contributed by atoms with Crippen molar-refractivity contribution in [3.05, 3.63) is 24.3 Å². The molecule has 0 rings (SSSR count). The molecule has 0 fully saturated rings. The van der Waals surface area contributed by atoms with Crippen LogP contribution in [0.1, 0.15) is 412 Å². The van der Waals surface area contributed by atoms with Gasteiger partial charge in [-0.1, -0.05) is 366 Å². The van der Waals surface area contributed by atoms with Crippen molar-refractivity contribution in [3.8, 4) is 0 Å². The molecule has 2 unspecified atom stereocenters. The Balaban J connectivity index is 3.33. The second kappa shape index (κ2) is 69.8. The molecule has 474 valence electrons. The molecule has 2 atom stereocenters. The van der Waals surface area contributed by atoms with Gasteiger partial charge < -0.3 is 20.3 Å². The number of aliphatic hydroxyl groups is 2. The van der Waals surface area contributed by atoms with Crippen molar-refractivity contribution in [2.45, 2.75) is 424 Å². The second-order valence-electron chi connectivity index (χ2n) is 25.3. The lowest BCUT2D eigenvalue weighted by Gasteiger charge is -2.20. The maximum Gasteiger partial charge on any atom is 0.305 e. The predicted molar refractivity (Wildman–Crippen MR) is 352 cm³/mol. The first-order valence-corrected chi connectivity index (χ1v) is 36.6. The molecule has 0 saturated heterocycles. The van der Waals surface area contributed by atoms with Crippen LogP contribution in [0.3, 0.4) is 0 Å². The minimum atomic E-state index is -0.841. The van der Waals surface area contributed by atoms with Crippen molar-refractivity contribution >= 4 is 11.9 Å². The van der Waals surface area contributed by atoms with E-state index >= 15 is 0 Å². The number of unbranched alkanes of at least 4 members (excludes halogenated alkanes) is 56. The molecule has 0 heterocycles. The van der Waals surface area contributed by atoms with Gasteiger partial charge >= 0.3 is 5.97 Å². The van der Waals surface area contributed by atoms with E-state index in [2.05, 4.69) is 31.3 Å². The molecule has 0 aromatic rings. The molecule has 0 aliphatic rings. The smallest absolute Gasteiger partial charge is 0.305 e. The van der Waals surface area contributed by atoms with Gasteiger partial charge in [0, 0.05) is 12.8 Å². The van der Waals surface area contributed by atoms with E-state index in [4.69, 9.17) is 4.74 Å². The molecule has 0 radical (unpaired) electrons. The van der Waals surface area contributed by atoms with E-state index in [1.807, 2.05) is 6.08 Å². The molecular weight excluding hydrogens is 983 g/mol. The molecule has 0 aromatic carbocycles. The first-order chi connectivity index (χ1) is 39.5. The van der Waals surface area contributed by atoms with Crippen LogP contribution in [-0.4, -0.2) is 47.4 Å². The zero-order valence-electron chi connectivity index (χ0n) is 54.3. The van der Waals surface area contributed by atoms with Gasteiger partial charge in [0.25, 0.3) is 0 Å². The molecule has 0 spiro atoms. The van der Waals surface area contributed by atoms with Gasteiger partial charge in [-0.3, -0.25) is 9.59 Å². The average molecular weight is 1130 g/mol. The van der Waals surface area contributed by atoms with Crippen LogP contribution >= 0.6 is 0 Å². The number of ether oxygens (including phenoxy) is 1. The minimum Gasteiger partial charge on any atom is -0.466 e. The average Bonchev–Trinajstić information content (AvgIpc) is 3.46. The molecule has 80 heavy (non-hydrogen) atoms. The summed E-state index contributed by atoms with van der Waals surface area (Å²) in [5.74, 6) is -0.0438. The van der Waals surface area contributed by atoms with Crippen LogP contribution in [0.15, 0.2) is 24.3 Å². The molecule has 0 aliphatic heterocycles. The highest BCUT2D eigenvalue weighted by atomic mass is 16.5. The van der Waals surface area contributed by atoms with Crippen LogP contribution in [0.2, 0.25) is 0 Å². The van der Waals surface area contributed by atoms with Crippen molar-refractivity contribution < 1.29 is 24.5 Å². The molecule has 1 amide bonds. The molecule has 0 aliphatic carbocycles. The molecular formula is C74H143NO5. The lowest BCUT2D eigenvalue weighted by molar-refractivity contribution is -0.143. The fourth-order valence-corrected chi connectivity index (χ4v) is 11.6. The van der Waals surface area contributed by atoms with E-state index in [1.165, 1.54) is 340 Å². The number of carbonyl (C=O) groups is 2. The highest BCUT2D eigenvalue weighted by Gasteiger charge is 2.18. The standard InChI is InChI=1S/C74H143NO5/c1-3-5-7-9-11-13-15-17-19-20-36-40-44-48-52-56-60-64-68-74(79)80-69-65-61-57-53-49-45-41-37-34-32-30-28-26-24-22-21-23-25-27-29-31-33-35-39-43-47-51-55-59-63-67-73(78)75-71(70-76)72(77)66-62-58-54-50-46-42-38-18-16-14-12-10-8-6-4-2/h19-20,62,66,71-72,76-77H,3-18,21-61,63-65,67-70H2,1-2H3,(H,75,78)/b20-19-,66-62+. The van der Waals surface area contributed by atoms with Gasteiger partial charge in [-0.25, -0.2) is 0 Å². The zero-order valence-corrected chi connectivity index (χ0v) is 54.3. The Hall–Kier alpha value is -1.66. The topological polar surface area (TPSA) is 95.9 Å². The number of nitrogens with one attached hydrogen (secondary N) is 1. The lowest BCUT2D eigenvalue weighted by atomic mass is 10.0. The first kappa shape index (κ1) is 78.3. The number of rotatable bonds is 69. The summed E-state index contributed by atoms with van der Waals surface area (Å²) in [4.78, 5) is 24.6. The largest absolute Gasteiger partial charge is 0.466 e. The van der Waals surface area contributed by atoms with Crippen molar-refractivity contribution in [3.63, 3.8) is 0 Å². The van der Waals surface area contributed by atoms with Gasteiger partial charge in [-0.2, -0.15) is 0 Å². The number of hydrogen-bond donors (Lipinski definition) is 3. The van der Waals surface area contributed by atoms with E-state index in [0.29, 0.717) is 19.4 Å². The first-order valence-electron chi connectivity index (χ1n) is 36.6. The second-order valence-corrected chi connectivity index (χ2v) is 25.3. The highest BCUT2D eigenvalue weighted by Crippen LogP contribution is 2.19. The third-order valence-corrected chi connectivity index (χ3v) is 17.2. The number of allylic oxidation sites excluding steroid dienone is 3. The molecule has 3 N–H and O–H groups in total. The quantitative estimate of drug-likeness (QED) is 0.0320. The normalized spacial score (nSPS) is 12.6. The molecule has 0 aromatic heterocycles. The Morgan fingerprint density at radius 1 is 0.338 bits per heavy atom. The SMILES string of the molecule is CCCCCCCCC/C=C\CCCCCCCCCC(=O)OCCCCCCCCCCCCCCCCCCCCCCCCCCCCCCCCC(=O)NC(CO)C(O)/C=C/CCCCCCCCCCCCCCC. The summed E-state index contributed by atoms with van der Waals surface area (Å²) in [7, 11) is 0. The van der Waals surface area contributed by atoms with Gasteiger partial charge in [0.15, 0.2) is 0 Å². The number of esters is 1. The van der Waals surface area contributed by atoms with E-state index in [1.54, 1.807) is 6.08 Å². The van der Waals surface area contributed by atoms with Crippen molar-refractivity contribution in [1.29, 1.82) is 0 Å². The maximum atomic E-state index is 12.5. The monoisotopic (exact) mass is 1130 g/mol. The van der Waals surface area contributed by atoms with E-state index in [0.717, 1.165) is 44.9 Å². The van der Waals surface area contributed by atoms with Gasteiger partial charge in [0.1, 0.15) is 0 Å². The highest BCUT2D eigenvalue weighted by molar-refractivity contribution is 5.76. The van der Waals surface area contributed by atoms with Crippen LogP contribution < -0.4 is 5.32 Å². The Bertz CT molecular complexity index is 1250. The van der Waals surface area contributed by atoms with Crippen LogP contribution in [0.25, 0.3) is 0 Å². The zero-order chi connectivity index (χ0) is 57.8. The predicted octanol–water partition coefficient (Wildman–Crippen LogP) is 23.7. The van der Waals surface area contributed by atoms with Crippen LogP contribution in [0.5, 0.6) is 0 Å². The number of amides is 1. The Labute approximate surface area is 501 Å². The summed E-state index contributed by atoms with van der Waals surface area (Å²) >= 11 is 0. The van der Waals surface area contributed by atoms with Gasteiger partial charge in [-0.05, 0) is 57.8 Å². The van der Waals surface area contributed by atoms with Gasteiger partial charge in [-0.15, -0.1) is 0 Å². The number of hydrogen-bond acceptors (Lipinski definition) is 5. The Kier molecular flexibility index (Phi) is 68.4. The summed E-state index contributed by atoms with van der Waals surface area (Å²) in [6, 6.07) is -0.624. The minimum absolute atomic E-state index is 0.0176. The van der Waals surface area contributed by atoms with Crippen LogP contribution in [-0.2, 0) is 14.3 Å². The van der Waals surface area contributed by atoms with E-state index < -0.39 is 12.1 Å². The number of carbonyl (C=O) groups excluding carboxylic acids is 2. The molecule has 6 heteroatoms. The van der Waals surface area contributed by atoms with Crippen molar-refractivity contribution in [2.75, 3.05) is 13.2 Å². The van der Waals surface area contributed by atoms with Crippen LogP contribution in [0.4, 0.5) is 0 Å². The molecule has 0 bridgehead atoms. The van der Waals surface area contributed by atoms with Crippen LogP contribution in [0, 0.1) is 0 Å². The summed E-state index contributed by atoms with van der Waals surface area (Å²) in [6.45, 7) is 4.94. The third kappa shape index (κ3) is 65.5. The summed E-state index contributed by atoms with van der Waals surface area (Å²) in [5, 5.41) is 23.2. The lowest BCUT2D eigenvalue weighted by Crippen LogP contribution is -2.45. The summed E-state index contributed by atoms with van der Waals surface area (Å²) in [5.41, 5.74) is 0.